The van der Waals surface area contributed by atoms with Gasteiger partial charge in [-0.2, -0.15) is 0 Å². The highest BCUT2D eigenvalue weighted by molar-refractivity contribution is 7.22. The molecule has 0 radical (unpaired) electrons. The summed E-state index contributed by atoms with van der Waals surface area (Å²) in [5.74, 6) is -0.149. The number of rotatable bonds is 6. The molecule has 0 bridgehead atoms. The monoisotopic (exact) mass is 328 g/mol. The molecule has 23 heavy (non-hydrogen) atoms. The van der Waals surface area contributed by atoms with Gasteiger partial charge in [0, 0.05) is 12.0 Å². The molecule has 5 heteroatoms. The van der Waals surface area contributed by atoms with Crippen LogP contribution in [0.25, 0.3) is 21.0 Å². The Morgan fingerprint density at radius 2 is 2.13 bits per heavy atom. The number of thiazole rings is 1. The molecule has 0 saturated heterocycles. The van der Waals surface area contributed by atoms with E-state index in [4.69, 9.17) is 4.74 Å². The predicted octanol–water partition coefficient (Wildman–Crippen LogP) is 4.59. The van der Waals surface area contributed by atoms with Crippen LogP contribution >= 0.6 is 11.3 Å². The molecule has 1 heterocycles. The zero-order valence-electron chi connectivity index (χ0n) is 13.3. The van der Waals surface area contributed by atoms with Gasteiger partial charge < -0.3 is 4.74 Å². The Morgan fingerprint density at radius 3 is 2.96 bits per heavy atom. The summed E-state index contributed by atoms with van der Waals surface area (Å²) in [6, 6.07) is 12.3. The van der Waals surface area contributed by atoms with E-state index in [-0.39, 0.29) is 5.91 Å². The molecule has 3 aromatic rings. The largest absolute Gasteiger partial charge is 0.369 e. The van der Waals surface area contributed by atoms with Gasteiger partial charge in [0.2, 0.25) is 0 Å². The highest BCUT2D eigenvalue weighted by Crippen LogP contribution is 2.31. The topological polar surface area (TPSA) is 51.2 Å². The Bertz CT molecular complexity index is 828. The van der Waals surface area contributed by atoms with E-state index >= 15 is 0 Å². The summed E-state index contributed by atoms with van der Waals surface area (Å²) < 4.78 is 6.59. The fourth-order valence-electron chi connectivity index (χ4n) is 2.40. The van der Waals surface area contributed by atoms with E-state index in [1.165, 1.54) is 11.3 Å². The number of anilines is 1. The number of carbonyl (C=O) groups excluding carboxylic acids is 1. The van der Waals surface area contributed by atoms with Crippen molar-refractivity contribution in [1.82, 2.24) is 4.98 Å². The molecule has 1 amide bonds. The van der Waals surface area contributed by atoms with Crippen LogP contribution in [0.3, 0.4) is 0 Å². The number of carbonyl (C=O) groups is 1. The lowest BCUT2D eigenvalue weighted by Gasteiger charge is -2.11. The Morgan fingerprint density at radius 1 is 1.30 bits per heavy atom. The third-order valence-electron chi connectivity index (χ3n) is 3.75. The summed E-state index contributed by atoms with van der Waals surface area (Å²) in [5.41, 5.74) is 0.933. The smallest absolute Gasteiger partial charge is 0.254 e. The van der Waals surface area contributed by atoms with E-state index in [1.54, 1.807) is 6.92 Å². The lowest BCUT2D eigenvalue weighted by molar-refractivity contribution is -0.126. The Kier molecular flexibility index (Phi) is 4.88. The quantitative estimate of drug-likeness (QED) is 0.673. The summed E-state index contributed by atoms with van der Waals surface area (Å²) in [6.07, 6.45) is 1.55. The van der Waals surface area contributed by atoms with Gasteiger partial charge >= 0.3 is 0 Å². The second-order valence-corrected chi connectivity index (χ2v) is 6.54. The summed E-state index contributed by atoms with van der Waals surface area (Å²) in [7, 11) is 0. The minimum atomic E-state index is -0.467. The second-order valence-electron chi connectivity index (χ2n) is 5.51. The SMILES string of the molecule is CCCCOC(C)C(=O)Nc1nc2c(ccc3ccccc32)s1. The lowest BCUT2D eigenvalue weighted by Crippen LogP contribution is -2.28. The maximum atomic E-state index is 12.2. The van der Waals surface area contributed by atoms with Crippen LogP contribution < -0.4 is 5.32 Å². The number of nitrogens with one attached hydrogen (secondary N) is 1. The van der Waals surface area contributed by atoms with Crippen molar-refractivity contribution in [2.45, 2.75) is 32.8 Å². The van der Waals surface area contributed by atoms with E-state index in [9.17, 15) is 4.79 Å². The van der Waals surface area contributed by atoms with Gasteiger partial charge in [0.15, 0.2) is 5.13 Å². The zero-order chi connectivity index (χ0) is 16.2. The van der Waals surface area contributed by atoms with Crippen LogP contribution in [0.5, 0.6) is 0 Å². The number of amides is 1. The second kappa shape index (κ2) is 7.06. The third kappa shape index (κ3) is 3.51. The van der Waals surface area contributed by atoms with Crippen molar-refractivity contribution in [3.05, 3.63) is 36.4 Å². The minimum absolute atomic E-state index is 0.149. The summed E-state index contributed by atoms with van der Waals surface area (Å²) in [5, 5.41) is 5.74. The number of hydrogen-bond donors (Lipinski definition) is 1. The van der Waals surface area contributed by atoms with Crippen molar-refractivity contribution in [1.29, 1.82) is 0 Å². The molecule has 1 atom stereocenters. The van der Waals surface area contributed by atoms with Crippen LogP contribution in [-0.4, -0.2) is 23.6 Å². The van der Waals surface area contributed by atoms with E-state index in [0.29, 0.717) is 11.7 Å². The first-order chi connectivity index (χ1) is 11.2. The number of aromatic nitrogens is 1. The first-order valence-corrected chi connectivity index (χ1v) is 8.71. The molecule has 0 spiro atoms. The summed E-state index contributed by atoms with van der Waals surface area (Å²) in [4.78, 5) is 16.8. The van der Waals surface area contributed by atoms with Crippen LogP contribution in [0.2, 0.25) is 0 Å². The van der Waals surface area contributed by atoms with Crippen LogP contribution in [0.1, 0.15) is 26.7 Å². The number of fused-ring (bicyclic) bond motifs is 3. The van der Waals surface area contributed by atoms with Gasteiger partial charge in [0.1, 0.15) is 6.10 Å². The lowest BCUT2D eigenvalue weighted by atomic mass is 10.1. The average Bonchev–Trinajstić information content (AvgIpc) is 2.97. The van der Waals surface area contributed by atoms with E-state index in [0.717, 1.165) is 33.8 Å². The molecule has 4 nitrogen and oxygen atoms in total. The molecule has 3 rings (SSSR count). The van der Waals surface area contributed by atoms with Gasteiger partial charge in [-0.1, -0.05) is 55.0 Å². The van der Waals surface area contributed by atoms with E-state index in [2.05, 4.69) is 35.4 Å². The Labute approximate surface area is 139 Å². The highest BCUT2D eigenvalue weighted by atomic mass is 32.1. The van der Waals surface area contributed by atoms with Crippen molar-refractivity contribution in [3.63, 3.8) is 0 Å². The summed E-state index contributed by atoms with van der Waals surface area (Å²) >= 11 is 1.49. The Balaban J connectivity index is 1.78. The molecular weight excluding hydrogens is 308 g/mol. The van der Waals surface area contributed by atoms with Gasteiger partial charge in [-0.15, -0.1) is 0 Å². The Hall–Kier alpha value is -1.98. The molecule has 0 aliphatic heterocycles. The predicted molar refractivity (Wildman–Crippen MR) is 96.1 cm³/mol. The maximum Gasteiger partial charge on any atom is 0.254 e. The molecule has 1 aromatic heterocycles. The number of nitrogens with zero attached hydrogens (tertiary/aromatic N) is 1. The van der Waals surface area contributed by atoms with Gasteiger partial charge in [-0.3, -0.25) is 10.1 Å². The van der Waals surface area contributed by atoms with Crippen LogP contribution in [0, 0.1) is 0 Å². The molecule has 1 unspecified atom stereocenters. The number of unbranched alkanes of at least 4 members (excludes halogenated alkanes) is 1. The van der Waals surface area contributed by atoms with Gasteiger partial charge in [-0.25, -0.2) is 4.98 Å². The van der Waals surface area contributed by atoms with Crippen molar-refractivity contribution in [3.8, 4) is 0 Å². The fourth-order valence-corrected chi connectivity index (χ4v) is 3.29. The minimum Gasteiger partial charge on any atom is -0.369 e. The van der Waals surface area contributed by atoms with Crippen molar-refractivity contribution < 1.29 is 9.53 Å². The van der Waals surface area contributed by atoms with Gasteiger partial charge in [-0.05, 0) is 24.8 Å². The normalized spacial score (nSPS) is 12.6. The summed E-state index contributed by atoms with van der Waals surface area (Å²) in [6.45, 7) is 4.48. The number of ether oxygens (including phenoxy) is 1. The van der Waals surface area contributed by atoms with Crippen molar-refractivity contribution >= 4 is 43.4 Å². The van der Waals surface area contributed by atoms with E-state index in [1.807, 2.05) is 18.2 Å². The first kappa shape index (κ1) is 15.9. The van der Waals surface area contributed by atoms with Crippen LogP contribution in [-0.2, 0) is 9.53 Å². The molecule has 120 valence electrons. The van der Waals surface area contributed by atoms with E-state index < -0.39 is 6.10 Å². The molecule has 0 saturated carbocycles. The first-order valence-electron chi connectivity index (χ1n) is 7.90. The fraction of sp³-hybridized carbons (Fsp3) is 0.333. The average molecular weight is 328 g/mol. The van der Waals surface area contributed by atoms with Crippen molar-refractivity contribution in [2.24, 2.45) is 0 Å². The molecule has 0 fully saturated rings. The van der Waals surface area contributed by atoms with Gasteiger partial charge in [0.05, 0.1) is 10.2 Å². The maximum absolute atomic E-state index is 12.2. The van der Waals surface area contributed by atoms with Gasteiger partial charge in [0.25, 0.3) is 5.91 Å². The molecule has 0 aliphatic rings. The van der Waals surface area contributed by atoms with Crippen molar-refractivity contribution in [2.75, 3.05) is 11.9 Å². The number of benzene rings is 2. The molecule has 1 N–H and O–H groups in total. The molecule has 0 aliphatic carbocycles. The van der Waals surface area contributed by atoms with Crippen LogP contribution in [0.4, 0.5) is 5.13 Å². The number of hydrogen-bond acceptors (Lipinski definition) is 4. The molecular formula is C18H20N2O2S. The zero-order valence-corrected chi connectivity index (χ0v) is 14.2. The highest BCUT2D eigenvalue weighted by Gasteiger charge is 2.16. The standard InChI is InChI=1S/C18H20N2O2S/c1-3-4-11-22-12(2)17(21)20-18-19-16-14-8-6-5-7-13(14)9-10-15(16)23-18/h5-10,12H,3-4,11H2,1-2H3,(H,19,20,21). The molecule has 2 aromatic carbocycles. The third-order valence-corrected chi connectivity index (χ3v) is 4.68. The van der Waals surface area contributed by atoms with Crippen LogP contribution in [0.15, 0.2) is 36.4 Å².